The summed E-state index contributed by atoms with van der Waals surface area (Å²) in [7, 11) is 0. The molecule has 2 N–H and O–H groups in total. The second-order valence-electron chi connectivity index (χ2n) is 8.36. The maximum Gasteiger partial charge on any atom is 0.208 e. The maximum atomic E-state index is 5.75. The predicted molar refractivity (Wildman–Crippen MR) is 130 cm³/mol. The highest BCUT2D eigenvalue weighted by Crippen LogP contribution is 2.23. The monoisotopic (exact) mass is 443 g/mol. The lowest BCUT2D eigenvalue weighted by Gasteiger charge is -2.31. The van der Waals surface area contributed by atoms with Crippen molar-refractivity contribution in [3.8, 4) is 0 Å². The van der Waals surface area contributed by atoms with Crippen LogP contribution in [-0.2, 0) is 13.1 Å². The molecule has 0 radical (unpaired) electrons. The zero-order valence-electron chi connectivity index (χ0n) is 19.6. The van der Waals surface area contributed by atoms with Crippen LogP contribution in [0.25, 0.3) is 0 Å². The molecule has 1 fully saturated rings. The lowest BCUT2D eigenvalue weighted by molar-refractivity contribution is 0.164. The number of nitrogens with zero attached hydrogens (tertiary/aromatic N) is 3. The van der Waals surface area contributed by atoms with Gasteiger partial charge in [-0.2, -0.15) is 0 Å². The van der Waals surface area contributed by atoms with E-state index in [1.807, 2.05) is 13.8 Å². The molecule has 1 aliphatic heterocycles. The minimum absolute atomic E-state index is 0.661. The first kappa shape index (κ1) is 23.7. The molecule has 0 aliphatic carbocycles. The van der Waals surface area contributed by atoms with Gasteiger partial charge in [-0.25, -0.2) is 9.98 Å². The molecule has 170 valence electrons. The third kappa shape index (κ3) is 7.01. The van der Waals surface area contributed by atoms with Crippen molar-refractivity contribution in [2.45, 2.75) is 58.5 Å². The van der Waals surface area contributed by atoms with E-state index in [4.69, 9.17) is 9.41 Å². The molecule has 0 spiro atoms. The Bertz CT molecular complexity index is 851. The highest BCUT2D eigenvalue weighted by atomic mass is 32.2. The Morgan fingerprint density at radius 2 is 2.00 bits per heavy atom. The Morgan fingerprint density at radius 1 is 1.23 bits per heavy atom. The molecule has 1 aliphatic rings. The Labute approximate surface area is 191 Å². The van der Waals surface area contributed by atoms with Gasteiger partial charge >= 0.3 is 0 Å². The van der Waals surface area contributed by atoms with Gasteiger partial charge in [0.25, 0.3) is 0 Å². The number of aliphatic imine (C=N–C) groups is 1. The van der Waals surface area contributed by atoms with Crippen molar-refractivity contribution >= 4 is 17.7 Å². The van der Waals surface area contributed by atoms with E-state index < -0.39 is 0 Å². The summed E-state index contributed by atoms with van der Waals surface area (Å²) in [6.45, 7) is 13.7. The molecule has 2 aromatic rings. The molecule has 3 rings (SSSR count). The Kier molecular flexibility index (Phi) is 8.84. The quantitative estimate of drug-likeness (QED) is 0.360. The third-order valence-corrected chi connectivity index (χ3v) is 6.71. The first-order valence-corrected chi connectivity index (χ1v) is 12.5. The van der Waals surface area contributed by atoms with Crippen LogP contribution in [0.4, 0.5) is 0 Å². The molecule has 1 aromatic carbocycles. The van der Waals surface area contributed by atoms with E-state index in [0.29, 0.717) is 12.5 Å². The number of guanidine groups is 1. The van der Waals surface area contributed by atoms with Gasteiger partial charge in [0.1, 0.15) is 5.76 Å². The lowest BCUT2D eigenvalue weighted by Crippen LogP contribution is -2.42. The van der Waals surface area contributed by atoms with Gasteiger partial charge in [-0.1, -0.05) is 12.1 Å². The molecule has 1 aromatic heterocycles. The number of hydrogen-bond acceptors (Lipinski definition) is 5. The van der Waals surface area contributed by atoms with Crippen LogP contribution in [0.15, 0.2) is 32.5 Å². The smallest absolute Gasteiger partial charge is 0.208 e. The summed E-state index contributed by atoms with van der Waals surface area (Å²) >= 11 is 1.79. The number of piperidine rings is 1. The zero-order valence-corrected chi connectivity index (χ0v) is 20.4. The molecule has 7 heteroatoms. The summed E-state index contributed by atoms with van der Waals surface area (Å²) in [5, 5.41) is 6.96. The number of nitrogens with one attached hydrogen (secondary N) is 2. The number of thioether (sulfide) groups is 1. The van der Waals surface area contributed by atoms with Crippen LogP contribution in [0.5, 0.6) is 0 Å². The molecular weight excluding hydrogens is 406 g/mol. The molecule has 31 heavy (non-hydrogen) atoms. The average molecular weight is 444 g/mol. The molecule has 0 unspecified atom stereocenters. The van der Waals surface area contributed by atoms with Crippen LogP contribution in [0.1, 0.15) is 48.2 Å². The van der Waals surface area contributed by atoms with E-state index in [9.17, 15) is 0 Å². The Balaban J connectivity index is 1.47. The second-order valence-corrected chi connectivity index (χ2v) is 9.21. The standard InChI is InChI=1S/C24H37N5OS/c1-6-25-24(27-15-21-8-7-17(2)13-22(21)31-5)26-14-20-9-11-29(12-10-20)16-23-28-18(3)19(4)30-23/h7-8,13,20H,6,9-12,14-16H2,1-5H3,(H2,25,26,27). The average Bonchev–Trinajstić information content (AvgIpc) is 3.08. The molecule has 0 amide bonds. The summed E-state index contributed by atoms with van der Waals surface area (Å²) in [5.74, 6) is 3.34. The van der Waals surface area contributed by atoms with Crippen LogP contribution in [0, 0.1) is 26.7 Å². The summed E-state index contributed by atoms with van der Waals surface area (Å²) in [6.07, 6.45) is 4.49. The first-order chi connectivity index (χ1) is 15.0. The van der Waals surface area contributed by atoms with Gasteiger partial charge in [-0.3, -0.25) is 4.90 Å². The van der Waals surface area contributed by atoms with E-state index in [1.165, 1.54) is 28.9 Å². The molecule has 0 saturated carbocycles. The molecule has 2 heterocycles. The van der Waals surface area contributed by atoms with Gasteiger partial charge in [-0.15, -0.1) is 11.8 Å². The summed E-state index contributed by atoms with van der Waals surface area (Å²) < 4.78 is 5.75. The molecule has 6 nitrogen and oxygen atoms in total. The minimum Gasteiger partial charge on any atom is -0.444 e. The molecular formula is C24H37N5OS. The Hall–Kier alpha value is -1.99. The minimum atomic E-state index is 0.661. The summed E-state index contributed by atoms with van der Waals surface area (Å²) in [5.41, 5.74) is 3.57. The normalized spacial score (nSPS) is 16.0. The maximum absolute atomic E-state index is 5.75. The molecule has 0 atom stereocenters. The summed E-state index contributed by atoms with van der Waals surface area (Å²) in [4.78, 5) is 13.1. The van der Waals surface area contributed by atoms with Gasteiger partial charge in [-0.05, 0) is 83.0 Å². The van der Waals surface area contributed by atoms with Gasteiger partial charge in [0.15, 0.2) is 5.96 Å². The van der Waals surface area contributed by atoms with Crippen molar-refractivity contribution in [3.05, 3.63) is 46.7 Å². The number of aryl methyl sites for hydroxylation is 3. The van der Waals surface area contributed by atoms with Crippen molar-refractivity contribution < 1.29 is 4.42 Å². The van der Waals surface area contributed by atoms with E-state index in [1.54, 1.807) is 11.8 Å². The number of rotatable bonds is 8. The van der Waals surface area contributed by atoms with E-state index in [2.05, 4.69) is 58.8 Å². The highest BCUT2D eigenvalue weighted by molar-refractivity contribution is 7.98. The fourth-order valence-electron chi connectivity index (χ4n) is 3.88. The van der Waals surface area contributed by atoms with E-state index in [-0.39, 0.29) is 0 Å². The van der Waals surface area contributed by atoms with Crippen LogP contribution in [0.2, 0.25) is 0 Å². The highest BCUT2D eigenvalue weighted by Gasteiger charge is 2.21. The third-order valence-electron chi connectivity index (χ3n) is 5.89. The number of aromatic nitrogens is 1. The molecule has 0 bridgehead atoms. The second kappa shape index (κ2) is 11.6. The first-order valence-electron chi connectivity index (χ1n) is 11.3. The van der Waals surface area contributed by atoms with Crippen molar-refractivity contribution in [1.29, 1.82) is 0 Å². The predicted octanol–water partition coefficient (Wildman–Crippen LogP) is 4.29. The fourth-order valence-corrected chi connectivity index (χ4v) is 4.57. The lowest BCUT2D eigenvalue weighted by atomic mass is 9.97. The van der Waals surface area contributed by atoms with Gasteiger partial charge in [0, 0.05) is 18.0 Å². The van der Waals surface area contributed by atoms with Crippen molar-refractivity contribution in [3.63, 3.8) is 0 Å². The van der Waals surface area contributed by atoms with Gasteiger partial charge in [0.2, 0.25) is 5.89 Å². The van der Waals surface area contributed by atoms with Crippen molar-refractivity contribution in [1.82, 2.24) is 20.5 Å². The van der Waals surface area contributed by atoms with Crippen LogP contribution in [-0.4, -0.2) is 48.3 Å². The van der Waals surface area contributed by atoms with Crippen molar-refractivity contribution in [2.75, 3.05) is 32.4 Å². The summed E-state index contributed by atoms with van der Waals surface area (Å²) in [6, 6.07) is 6.60. The number of oxazole rings is 1. The van der Waals surface area contributed by atoms with Gasteiger partial charge in [0.05, 0.1) is 18.8 Å². The SMILES string of the molecule is CCNC(=NCc1ccc(C)cc1SC)NCC1CCN(Cc2nc(C)c(C)o2)CC1. The van der Waals surface area contributed by atoms with Crippen LogP contribution < -0.4 is 10.6 Å². The number of benzene rings is 1. The van der Waals surface area contributed by atoms with Gasteiger partial charge < -0.3 is 15.1 Å². The fraction of sp³-hybridized carbons (Fsp3) is 0.583. The Morgan fingerprint density at radius 3 is 2.65 bits per heavy atom. The largest absolute Gasteiger partial charge is 0.444 e. The van der Waals surface area contributed by atoms with E-state index >= 15 is 0 Å². The zero-order chi connectivity index (χ0) is 22.2. The van der Waals surface area contributed by atoms with Crippen LogP contribution >= 0.6 is 11.8 Å². The topological polar surface area (TPSA) is 65.7 Å². The van der Waals surface area contributed by atoms with Crippen molar-refractivity contribution in [2.24, 2.45) is 10.9 Å². The van der Waals surface area contributed by atoms with Crippen LogP contribution in [0.3, 0.4) is 0 Å². The number of likely N-dealkylation sites (tertiary alicyclic amines) is 1. The van der Waals surface area contributed by atoms with E-state index in [0.717, 1.165) is 56.0 Å². The molecule has 1 saturated heterocycles. The number of hydrogen-bond donors (Lipinski definition) is 2.